The highest BCUT2D eigenvalue weighted by Crippen LogP contribution is 2.49. The van der Waals surface area contributed by atoms with E-state index in [9.17, 15) is 13.2 Å². The molecule has 0 radical (unpaired) electrons. The Morgan fingerprint density at radius 2 is 2.10 bits per heavy atom. The number of carbonyl (C=O) groups excluding carboxylic acids is 1. The first-order valence-electron chi connectivity index (χ1n) is 6.97. The van der Waals surface area contributed by atoms with E-state index in [0.29, 0.717) is 13.0 Å². The Morgan fingerprint density at radius 1 is 1.45 bits per heavy atom. The van der Waals surface area contributed by atoms with Crippen LogP contribution in [0.5, 0.6) is 0 Å². The number of nitrogens with one attached hydrogen (secondary N) is 1. The van der Waals surface area contributed by atoms with Crippen LogP contribution in [-0.2, 0) is 19.6 Å². The molecule has 0 aliphatic carbocycles. The zero-order valence-corrected chi connectivity index (χ0v) is 13.4. The van der Waals surface area contributed by atoms with Crippen LogP contribution in [0.15, 0.2) is 0 Å². The third-order valence-electron chi connectivity index (χ3n) is 4.31. The van der Waals surface area contributed by atoms with Crippen molar-refractivity contribution in [2.75, 3.05) is 19.8 Å². The van der Waals surface area contributed by atoms with Gasteiger partial charge in [0.15, 0.2) is 0 Å². The van der Waals surface area contributed by atoms with Gasteiger partial charge < -0.3 is 10.1 Å². The molecule has 116 valence electrons. The molecule has 2 aliphatic rings. The Morgan fingerprint density at radius 3 is 2.65 bits per heavy atom. The zero-order valence-electron chi connectivity index (χ0n) is 12.6. The van der Waals surface area contributed by atoms with E-state index in [0.717, 1.165) is 12.8 Å². The molecule has 7 heteroatoms. The highest BCUT2D eigenvalue weighted by atomic mass is 32.2. The third-order valence-corrected chi connectivity index (χ3v) is 5.66. The number of hydrogen-bond donors (Lipinski definition) is 1. The monoisotopic (exact) mass is 304 g/mol. The lowest BCUT2D eigenvalue weighted by molar-refractivity contribution is -0.125. The summed E-state index contributed by atoms with van der Waals surface area (Å²) in [6.45, 7) is 4.43. The second kappa shape index (κ2) is 4.96. The average molecular weight is 304 g/mol. The van der Waals surface area contributed by atoms with Gasteiger partial charge in [0.05, 0.1) is 29.9 Å². The second-order valence-corrected chi connectivity index (χ2v) is 8.37. The molecule has 20 heavy (non-hydrogen) atoms. The maximum Gasteiger partial charge on any atom is 0.222 e. The smallest absolute Gasteiger partial charge is 0.222 e. The molecule has 1 N–H and O–H groups in total. The van der Waals surface area contributed by atoms with E-state index in [1.165, 1.54) is 6.26 Å². The van der Waals surface area contributed by atoms with Gasteiger partial charge in [-0.1, -0.05) is 0 Å². The molecule has 2 rings (SSSR count). The molecule has 2 atom stereocenters. The van der Waals surface area contributed by atoms with Gasteiger partial charge >= 0.3 is 0 Å². The fraction of sp³-hybridized carbons (Fsp3) is 0.923. The summed E-state index contributed by atoms with van der Waals surface area (Å²) < 4.78 is 31.7. The SMILES string of the molecule is CNC(=O)C[C@@H]1OC(C)(C)C[C@]12CCCN2S(C)(=O)=O. The van der Waals surface area contributed by atoms with E-state index in [4.69, 9.17) is 4.74 Å². The molecule has 2 heterocycles. The fourth-order valence-electron chi connectivity index (χ4n) is 3.76. The minimum absolute atomic E-state index is 0.118. The van der Waals surface area contributed by atoms with Crippen LogP contribution in [0.2, 0.25) is 0 Å². The zero-order chi connectivity index (χ0) is 15.2. The van der Waals surface area contributed by atoms with Crippen LogP contribution >= 0.6 is 0 Å². The number of hydrogen-bond acceptors (Lipinski definition) is 4. The van der Waals surface area contributed by atoms with Crippen molar-refractivity contribution in [2.45, 2.75) is 56.8 Å². The van der Waals surface area contributed by atoms with Crippen LogP contribution in [0.25, 0.3) is 0 Å². The van der Waals surface area contributed by atoms with Crippen molar-refractivity contribution < 1.29 is 17.9 Å². The molecule has 2 aliphatic heterocycles. The van der Waals surface area contributed by atoms with Gasteiger partial charge in [-0.25, -0.2) is 8.42 Å². The lowest BCUT2D eigenvalue weighted by Crippen LogP contribution is -2.53. The number of nitrogens with zero attached hydrogens (tertiary/aromatic N) is 1. The summed E-state index contributed by atoms with van der Waals surface area (Å²) in [7, 11) is -1.72. The molecule has 0 unspecified atom stereocenters. The summed E-state index contributed by atoms with van der Waals surface area (Å²) >= 11 is 0. The van der Waals surface area contributed by atoms with Crippen molar-refractivity contribution in [2.24, 2.45) is 0 Å². The van der Waals surface area contributed by atoms with E-state index < -0.39 is 21.2 Å². The molecule has 2 fully saturated rings. The van der Waals surface area contributed by atoms with Crippen LogP contribution in [0, 0.1) is 0 Å². The lowest BCUT2D eigenvalue weighted by atomic mass is 9.83. The Hall–Kier alpha value is -0.660. The molecule has 6 nitrogen and oxygen atoms in total. The van der Waals surface area contributed by atoms with Crippen molar-refractivity contribution in [3.05, 3.63) is 0 Å². The molecule has 0 aromatic carbocycles. The first kappa shape index (κ1) is 15.7. The van der Waals surface area contributed by atoms with Gasteiger partial charge in [-0.3, -0.25) is 4.79 Å². The summed E-state index contributed by atoms with van der Waals surface area (Å²) in [6, 6.07) is 0. The summed E-state index contributed by atoms with van der Waals surface area (Å²) in [5.74, 6) is -0.118. The minimum Gasteiger partial charge on any atom is -0.370 e. The first-order chi connectivity index (χ1) is 9.11. The van der Waals surface area contributed by atoms with E-state index >= 15 is 0 Å². The minimum atomic E-state index is -3.30. The van der Waals surface area contributed by atoms with E-state index in [1.54, 1.807) is 11.4 Å². The molecule has 2 saturated heterocycles. The number of rotatable bonds is 3. The largest absolute Gasteiger partial charge is 0.370 e. The predicted octanol–water partition coefficient (Wildman–Crippen LogP) is 0.484. The molecule has 1 amide bonds. The third kappa shape index (κ3) is 2.71. The normalized spacial score (nSPS) is 33.7. The summed E-state index contributed by atoms with van der Waals surface area (Å²) in [4.78, 5) is 11.7. The number of amides is 1. The Bertz CT molecular complexity index is 503. The fourth-order valence-corrected chi connectivity index (χ4v) is 5.15. The Balaban J connectivity index is 2.37. The Labute approximate surface area is 120 Å². The molecule has 0 saturated carbocycles. The topological polar surface area (TPSA) is 75.7 Å². The molecule has 1 spiro atoms. The van der Waals surface area contributed by atoms with Gasteiger partial charge in [-0.05, 0) is 33.1 Å². The van der Waals surface area contributed by atoms with Crippen LogP contribution in [-0.4, -0.2) is 55.7 Å². The predicted molar refractivity (Wildman–Crippen MR) is 75.8 cm³/mol. The van der Waals surface area contributed by atoms with E-state index in [-0.39, 0.29) is 18.4 Å². The first-order valence-corrected chi connectivity index (χ1v) is 8.82. The van der Waals surface area contributed by atoms with Crippen molar-refractivity contribution in [1.29, 1.82) is 0 Å². The van der Waals surface area contributed by atoms with Crippen molar-refractivity contribution in [3.8, 4) is 0 Å². The highest BCUT2D eigenvalue weighted by molar-refractivity contribution is 7.88. The molecule has 0 aromatic heterocycles. The van der Waals surface area contributed by atoms with Gasteiger partial charge in [0.1, 0.15) is 0 Å². The number of carbonyl (C=O) groups is 1. The van der Waals surface area contributed by atoms with Crippen molar-refractivity contribution in [3.63, 3.8) is 0 Å². The molecule has 0 bridgehead atoms. The highest BCUT2D eigenvalue weighted by Gasteiger charge is 2.59. The molecular weight excluding hydrogens is 280 g/mol. The lowest BCUT2D eigenvalue weighted by Gasteiger charge is -2.37. The van der Waals surface area contributed by atoms with Crippen LogP contribution in [0.3, 0.4) is 0 Å². The van der Waals surface area contributed by atoms with Crippen LogP contribution in [0.4, 0.5) is 0 Å². The quantitative estimate of drug-likeness (QED) is 0.823. The van der Waals surface area contributed by atoms with Gasteiger partial charge in [0, 0.05) is 13.6 Å². The number of ether oxygens (including phenoxy) is 1. The van der Waals surface area contributed by atoms with Crippen molar-refractivity contribution in [1.82, 2.24) is 9.62 Å². The Kier molecular flexibility index (Phi) is 3.90. The van der Waals surface area contributed by atoms with E-state index in [2.05, 4.69) is 5.32 Å². The van der Waals surface area contributed by atoms with Gasteiger partial charge in [0.25, 0.3) is 0 Å². The van der Waals surface area contributed by atoms with Crippen molar-refractivity contribution >= 4 is 15.9 Å². The molecule has 0 aromatic rings. The maximum absolute atomic E-state index is 12.1. The summed E-state index contributed by atoms with van der Waals surface area (Å²) in [5.41, 5.74) is -0.977. The van der Waals surface area contributed by atoms with Gasteiger partial charge in [0.2, 0.25) is 15.9 Å². The standard InChI is InChI=1S/C13H24N2O4S/c1-12(2)9-13(10(19-12)8-11(16)14-3)6-5-7-15(13)20(4,17)18/h10H,5-9H2,1-4H3,(H,14,16)/t10-,13+/m0/s1. The maximum atomic E-state index is 12.1. The average Bonchev–Trinajstić information content (AvgIpc) is 2.80. The van der Waals surface area contributed by atoms with E-state index in [1.807, 2.05) is 13.8 Å². The van der Waals surface area contributed by atoms with Crippen LogP contribution in [0.1, 0.15) is 39.5 Å². The summed E-state index contributed by atoms with van der Waals surface area (Å²) in [5, 5.41) is 2.59. The second-order valence-electron chi connectivity index (χ2n) is 6.46. The van der Waals surface area contributed by atoms with Gasteiger partial charge in [-0.2, -0.15) is 4.31 Å². The summed E-state index contributed by atoms with van der Waals surface area (Å²) in [6.07, 6.45) is 3.26. The van der Waals surface area contributed by atoms with Gasteiger partial charge in [-0.15, -0.1) is 0 Å². The molecular formula is C13H24N2O4S. The number of sulfonamides is 1. The van der Waals surface area contributed by atoms with Crippen LogP contribution < -0.4 is 5.32 Å².